The van der Waals surface area contributed by atoms with Crippen LogP contribution in [0.15, 0.2) is 31.1 Å². The van der Waals surface area contributed by atoms with Gasteiger partial charge >= 0.3 is 0 Å². The quantitative estimate of drug-likeness (QED) is 0.390. The van der Waals surface area contributed by atoms with Gasteiger partial charge in [0.05, 0.1) is 0 Å². The minimum absolute atomic E-state index is 0.0363. The van der Waals surface area contributed by atoms with Crippen LogP contribution in [-0.4, -0.2) is 23.6 Å². The molecule has 0 fully saturated rings. The van der Waals surface area contributed by atoms with E-state index in [0.29, 0.717) is 12.2 Å². The predicted molar refractivity (Wildman–Crippen MR) is 60.0 cm³/mol. The maximum absolute atomic E-state index is 11.5. The fraction of sp³-hybridized carbons (Fsp3) is 0.417. The average molecular weight is 207 g/mol. The molecule has 0 aromatic carbocycles. The molecule has 1 heterocycles. The maximum Gasteiger partial charge on any atom is 0.189 e. The van der Waals surface area contributed by atoms with E-state index >= 15 is 0 Å². The van der Waals surface area contributed by atoms with E-state index in [1.807, 2.05) is 23.9 Å². The van der Waals surface area contributed by atoms with Gasteiger partial charge in [0.25, 0.3) is 0 Å². The molecule has 1 aromatic rings. The van der Waals surface area contributed by atoms with E-state index in [2.05, 4.69) is 6.58 Å². The van der Waals surface area contributed by atoms with Gasteiger partial charge in [-0.3, -0.25) is 4.79 Å². The summed E-state index contributed by atoms with van der Waals surface area (Å²) in [5, 5.41) is 0. The first-order chi connectivity index (χ1) is 7.24. The molecule has 1 aromatic heterocycles. The molecule has 0 bridgehead atoms. The third-order valence-electron chi connectivity index (χ3n) is 2.08. The Morgan fingerprint density at radius 3 is 3.07 bits per heavy atom. The van der Waals surface area contributed by atoms with Crippen molar-refractivity contribution in [2.24, 2.45) is 7.05 Å². The van der Waals surface area contributed by atoms with Gasteiger partial charge in [-0.25, -0.2) is 0 Å². The summed E-state index contributed by atoms with van der Waals surface area (Å²) in [6, 6.07) is 1.80. The van der Waals surface area contributed by atoms with Crippen LogP contribution < -0.4 is 0 Å². The lowest BCUT2D eigenvalue weighted by Crippen LogP contribution is -2.09. The van der Waals surface area contributed by atoms with Crippen molar-refractivity contribution in [2.75, 3.05) is 13.2 Å². The van der Waals surface area contributed by atoms with Crippen LogP contribution in [0.2, 0.25) is 0 Å². The molecular weight excluding hydrogens is 190 g/mol. The monoisotopic (exact) mass is 207 g/mol. The number of unbranched alkanes of at least 4 members (excludes halogenated alkanes) is 1. The molecule has 82 valence electrons. The van der Waals surface area contributed by atoms with Crippen molar-refractivity contribution in [2.45, 2.75) is 12.8 Å². The number of hydrogen-bond donors (Lipinski definition) is 0. The summed E-state index contributed by atoms with van der Waals surface area (Å²) in [6.45, 7) is 4.40. The van der Waals surface area contributed by atoms with Crippen LogP contribution in [0.25, 0.3) is 0 Å². The molecular formula is C12H17NO2. The molecule has 0 aliphatic heterocycles. The van der Waals surface area contributed by atoms with Crippen molar-refractivity contribution >= 4 is 5.78 Å². The van der Waals surface area contributed by atoms with Gasteiger partial charge in [-0.1, -0.05) is 6.08 Å². The fourth-order valence-corrected chi connectivity index (χ4v) is 1.25. The molecule has 0 radical (unpaired) electrons. The van der Waals surface area contributed by atoms with Gasteiger partial charge in [0.15, 0.2) is 5.78 Å². The summed E-state index contributed by atoms with van der Waals surface area (Å²) in [5.74, 6) is 0.0363. The van der Waals surface area contributed by atoms with Gasteiger partial charge in [-0.05, 0) is 18.9 Å². The number of aromatic nitrogens is 1. The topological polar surface area (TPSA) is 31.2 Å². The Bertz CT molecular complexity index is 328. The van der Waals surface area contributed by atoms with E-state index in [-0.39, 0.29) is 12.4 Å². The summed E-state index contributed by atoms with van der Waals surface area (Å²) in [7, 11) is 1.89. The lowest BCUT2D eigenvalue weighted by atomic mass is 10.2. The van der Waals surface area contributed by atoms with Gasteiger partial charge in [-0.2, -0.15) is 0 Å². The van der Waals surface area contributed by atoms with Gasteiger partial charge < -0.3 is 9.30 Å². The predicted octanol–water partition coefficient (Wildman–Crippen LogP) is 2.19. The third-order valence-corrected chi connectivity index (χ3v) is 2.08. The molecule has 0 atom stereocenters. The minimum atomic E-state index is 0.0363. The van der Waals surface area contributed by atoms with E-state index in [1.165, 1.54) is 0 Å². The number of Topliss-reactive ketones (excluding diaryl/α,β-unsaturated/α-hetero) is 1. The van der Waals surface area contributed by atoms with Crippen molar-refractivity contribution in [1.82, 2.24) is 4.57 Å². The standard InChI is InChI=1S/C12H17NO2/c1-3-4-5-8-15-10-12(14)11-6-7-13(2)9-11/h3,6-7,9H,1,4-5,8,10H2,2H3. The molecule has 0 amide bonds. The highest BCUT2D eigenvalue weighted by Gasteiger charge is 2.06. The SMILES string of the molecule is C=CCCCOCC(=O)c1ccn(C)c1. The zero-order valence-electron chi connectivity index (χ0n) is 9.11. The van der Waals surface area contributed by atoms with E-state index in [9.17, 15) is 4.79 Å². The van der Waals surface area contributed by atoms with E-state index in [4.69, 9.17) is 4.74 Å². The molecule has 0 aliphatic rings. The highest BCUT2D eigenvalue weighted by atomic mass is 16.5. The molecule has 0 unspecified atom stereocenters. The molecule has 0 saturated carbocycles. The number of ether oxygens (including phenoxy) is 1. The summed E-state index contributed by atoms with van der Waals surface area (Å²) in [4.78, 5) is 11.5. The van der Waals surface area contributed by atoms with Crippen LogP contribution in [0.3, 0.4) is 0 Å². The number of carbonyl (C=O) groups excluding carboxylic acids is 1. The van der Waals surface area contributed by atoms with E-state index in [0.717, 1.165) is 12.8 Å². The molecule has 3 nitrogen and oxygen atoms in total. The normalized spacial score (nSPS) is 10.2. The number of aryl methyl sites for hydroxylation is 1. The van der Waals surface area contributed by atoms with Gasteiger partial charge in [0.1, 0.15) is 6.61 Å². The Balaban J connectivity index is 2.22. The molecule has 0 saturated heterocycles. The van der Waals surface area contributed by atoms with Crippen LogP contribution >= 0.6 is 0 Å². The van der Waals surface area contributed by atoms with Crippen molar-refractivity contribution in [3.05, 3.63) is 36.7 Å². The Morgan fingerprint density at radius 2 is 2.47 bits per heavy atom. The summed E-state index contributed by atoms with van der Waals surface area (Å²) >= 11 is 0. The van der Waals surface area contributed by atoms with Crippen LogP contribution in [-0.2, 0) is 11.8 Å². The minimum Gasteiger partial charge on any atom is -0.373 e. The number of nitrogens with zero attached hydrogens (tertiary/aromatic N) is 1. The summed E-state index contributed by atoms with van der Waals surface area (Å²) in [6.07, 6.45) is 7.36. The van der Waals surface area contributed by atoms with Crippen molar-refractivity contribution in [3.8, 4) is 0 Å². The van der Waals surface area contributed by atoms with Gasteiger partial charge in [-0.15, -0.1) is 6.58 Å². The van der Waals surface area contributed by atoms with Crippen LogP contribution in [0.4, 0.5) is 0 Å². The first kappa shape index (κ1) is 11.7. The number of allylic oxidation sites excluding steroid dienone is 1. The summed E-state index contributed by atoms with van der Waals surface area (Å²) in [5.41, 5.74) is 0.709. The number of ketones is 1. The third kappa shape index (κ3) is 4.13. The maximum atomic E-state index is 11.5. The van der Waals surface area contributed by atoms with E-state index in [1.54, 1.807) is 12.3 Å². The Kier molecular flexibility index (Phi) is 4.84. The number of rotatable bonds is 7. The molecule has 0 N–H and O–H groups in total. The van der Waals surface area contributed by atoms with Crippen molar-refractivity contribution in [1.29, 1.82) is 0 Å². The number of hydrogen-bond acceptors (Lipinski definition) is 2. The largest absolute Gasteiger partial charge is 0.373 e. The second-order valence-electron chi connectivity index (χ2n) is 3.47. The van der Waals surface area contributed by atoms with Gasteiger partial charge in [0, 0.05) is 31.6 Å². The molecule has 15 heavy (non-hydrogen) atoms. The Labute approximate surface area is 90.4 Å². The summed E-state index contributed by atoms with van der Waals surface area (Å²) < 4.78 is 7.11. The smallest absolute Gasteiger partial charge is 0.189 e. The fourth-order valence-electron chi connectivity index (χ4n) is 1.25. The second kappa shape index (κ2) is 6.19. The molecule has 0 spiro atoms. The lowest BCUT2D eigenvalue weighted by Gasteiger charge is -2.00. The molecule has 1 rings (SSSR count). The first-order valence-corrected chi connectivity index (χ1v) is 5.08. The second-order valence-corrected chi connectivity index (χ2v) is 3.47. The highest BCUT2D eigenvalue weighted by Crippen LogP contribution is 2.01. The number of carbonyl (C=O) groups is 1. The van der Waals surface area contributed by atoms with Crippen molar-refractivity contribution in [3.63, 3.8) is 0 Å². The van der Waals surface area contributed by atoms with Gasteiger partial charge in [0.2, 0.25) is 0 Å². The lowest BCUT2D eigenvalue weighted by molar-refractivity contribution is 0.0757. The Hall–Kier alpha value is -1.35. The van der Waals surface area contributed by atoms with E-state index < -0.39 is 0 Å². The molecule has 0 aliphatic carbocycles. The zero-order valence-corrected chi connectivity index (χ0v) is 9.11. The van der Waals surface area contributed by atoms with Crippen LogP contribution in [0.5, 0.6) is 0 Å². The van der Waals surface area contributed by atoms with Crippen LogP contribution in [0, 0.1) is 0 Å². The van der Waals surface area contributed by atoms with Crippen LogP contribution in [0.1, 0.15) is 23.2 Å². The highest BCUT2D eigenvalue weighted by molar-refractivity contribution is 5.96. The average Bonchev–Trinajstić information content (AvgIpc) is 2.64. The first-order valence-electron chi connectivity index (χ1n) is 5.08. The van der Waals surface area contributed by atoms with Crippen molar-refractivity contribution < 1.29 is 9.53 Å². The Morgan fingerprint density at radius 1 is 1.67 bits per heavy atom. The molecule has 3 heteroatoms. The zero-order chi connectivity index (χ0) is 11.1.